The Morgan fingerprint density at radius 1 is 1.00 bits per heavy atom. The molecular formula is C22H31N5O3S2. The smallest absolute Gasteiger partial charge is 0.188 e. The van der Waals surface area contributed by atoms with E-state index in [1.807, 2.05) is 0 Å². The van der Waals surface area contributed by atoms with Crippen molar-refractivity contribution < 1.29 is 13.5 Å². The van der Waals surface area contributed by atoms with Gasteiger partial charge in [-0.05, 0) is 83.0 Å². The minimum atomic E-state index is -3.46. The first-order valence-electron chi connectivity index (χ1n) is 11.6. The average Bonchev–Trinajstić information content (AvgIpc) is 3.38. The maximum absolute atomic E-state index is 13.4. The van der Waals surface area contributed by atoms with E-state index in [4.69, 9.17) is 0 Å². The summed E-state index contributed by atoms with van der Waals surface area (Å²) in [6.45, 7) is 1.44. The van der Waals surface area contributed by atoms with Gasteiger partial charge in [0, 0.05) is 10.9 Å². The Hall–Kier alpha value is -1.75. The van der Waals surface area contributed by atoms with E-state index >= 15 is 0 Å². The molecule has 0 radical (unpaired) electrons. The lowest BCUT2D eigenvalue weighted by Crippen LogP contribution is -2.35. The number of anilines is 3. The van der Waals surface area contributed by atoms with Gasteiger partial charge in [0.25, 0.3) is 0 Å². The van der Waals surface area contributed by atoms with Crippen molar-refractivity contribution in [3.63, 3.8) is 0 Å². The van der Waals surface area contributed by atoms with E-state index in [2.05, 4.69) is 25.9 Å². The number of rotatable bonds is 6. The van der Waals surface area contributed by atoms with E-state index in [1.54, 1.807) is 23.5 Å². The Bertz CT molecular complexity index is 1040. The Labute approximate surface area is 193 Å². The number of hydrogen-bond acceptors (Lipinski definition) is 9. The predicted molar refractivity (Wildman–Crippen MR) is 127 cm³/mol. The average molecular weight is 478 g/mol. The van der Waals surface area contributed by atoms with E-state index in [9.17, 15) is 13.5 Å². The standard InChI is InChI=1S/C22H31N5O3S2/c28-15-6-4-14(5-7-15)24-20-12-17(32(29,30)16-8-10-23-11-9-16)13-21(26-20)27-22-25-18-2-1-3-19(18)31-22/h12-16,23,28H,1-11H2,(H2,24,25,26,27). The van der Waals surface area contributed by atoms with Gasteiger partial charge in [-0.3, -0.25) is 0 Å². The summed E-state index contributed by atoms with van der Waals surface area (Å²) in [6.07, 6.45) is 7.41. The summed E-state index contributed by atoms with van der Waals surface area (Å²) in [7, 11) is -3.46. The van der Waals surface area contributed by atoms with Crippen LogP contribution < -0.4 is 16.0 Å². The third-order valence-corrected chi connectivity index (χ3v) is 10.0. The second-order valence-electron chi connectivity index (χ2n) is 9.08. The van der Waals surface area contributed by atoms with Crippen LogP contribution in [-0.2, 0) is 22.7 Å². The van der Waals surface area contributed by atoms with Crippen LogP contribution in [-0.4, -0.2) is 54.0 Å². The highest BCUT2D eigenvalue weighted by Crippen LogP contribution is 2.33. The van der Waals surface area contributed by atoms with Crippen LogP contribution in [0.2, 0.25) is 0 Å². The zero-order chi connectivity index (χ0) is 22.1. The molecule has 3 heterocycles. The Morgan fingerprint density at radius 3 is 2.50 bits per heavy atom. The van der Waals surface area contributed by atoms with E-state index in [0.29, 0.717) is 29.4 Å². The summed E-state index contributed by atoms with van der Waals surface area (Å²) in [5.74, 6) is 1.07. The van der Waals surface area contributed by atoms with Crippen LogP contribution in [0.5, 0.6) is 0 Å². The number of aryl methyl sites for hydroxylation is 2. The van der Waals surface area contributed by atoms with E-state index in [1.165, 1.54) is 4.88 Å². The molecule has 0 spiro atoms. The molecule has 0 aromatic carbocycles. The van der Waals surface area contributed by atoms with Crippen LogP contribution in [0.1, 0.15) is 55.5 Å². The number of pyridine rings is 1. The Kier molecular flexibility index (Phi) is 6.37. The van der Waals surface area contributed by atoms with Gasteiger partial charge in [-0.25, -0.2) is 18.4 Å². The van der Waals surface area contributed by atoms with Crippen LogP contribution in [0.15, 0.2) is 17.0 Å². The van der Waals surface area contributed by atoms with Crippen LogP contribution in [0, 0.1) is 0 Å². The molecule has 1 aliphatic heterocycles. The predicted octanol–water partition coefficient (Wildman–Crippen LogP) is 3.01. The number of aliphatic hydroxyl groups is 1. The first-order valence-corrected chi connectivity index (χ1v) is 14.0. The minimum Gasteiger partial charge on any atom is -0.393 e. The van der Waals surface area contributed by atoms with Crippen molar-refractivity contribution >= 4 is 37.9 Å². The molecule has 8 nitrogen and oxygen atoms in total. The molecule has 2 aromatic rings. The fourth-order valence-electron chi connectivity index (χ4n) is 4.89. The number of piperidine rings is 1. The number of aliphatic hydroxyl groups excluding tert-OH is 1. The number of sulfone groups is 1. The molecule has 4 N–H and O–H groups in total. The monoisotopic (exact) mass is 477 g/mol. The van der Waals surface area contributed by atoms with Gasteiger partial charge in [0.05, 0.1) is 21.9 Å². The van der Waals surface area contributed by atoms with Crippen molar-refractivity contribution in [2.24, 2.45) is 0 Å². The lowest BCUT2D eigenvalue weighted by Gasteiger charge is -2.27. The summed E-state index contributed by atoms with van der Waals surface area (Å²) in [5.41, 5.74) is 1.15. The van der Waals surface area contributed by atoms with Gasteiger partial charge >= 0.3 is 0 Å². The van der Waals surface area contributed by atoms with Crippen molar-refractivity contribution in [1.29, 1.82) is 0 Å². The highest BCUT2D eigenvalue weighted by Gasteiger charge is 2.30. The third-order valence-electron chi connectivity index (χ3n) is 6.73. The van der Waals surface area contributed by atoms with Crippen molar-refractivity contribution in [2.45, 2.75) is 80.1 Å². The van der Waals surface area contributed by atoms with Gasteiger partial charge in [-0.2, -0.15) is 0 Å². The molecule has 174 valence electrons. The lowest BCUT2D eigenvalue weighted by molar-refractivity contribution is 0.126. The number of aromatic nitrogens is 2. The van der Waals surface area contributed by atoms with Crippen LogP contribution in [0.3, 0.4) is 0 Å². The van der Waals surface area contributed by atoms with Gasteiger partial charge in [-0.1, -0.05) is 0 Å². The second-order valence-corrected chi connectivity index (χ2v) is 12.4. The molecule has 0 amide bonds. The number of fused-ring (bicyclic) bond motifs is 1. The second kappa shape index (κ2) is 9.24. The maximum atomic E-state index is 13.4. The molecule has 0 bridgehead atoms. The van der Waals surface area contributed by atoms with Gasteiger partial charge in [0.2, 0.25) is 0 Å². The fourth-order valence-corrected chi connectivity index (χ4v) is 7.74. The fraction of sp³-hybridized carbons (Fsp3) is 0.636. The summed E-state index contributed by atoms with van der Waals surface area (Å²) in [5, 5.41) is 20.1. The summed E-state index contributed by atoms with van der Waals surface area (Å²) in [4.78, 5) is 11.0. The molecule has 1 saturated carbocycles. The zero-order valence-corrected chi connectivity index (χ0v) is 19.8. The molecule has 0 atom stereocenters. The normalized spacial score (nSPS) is 24.3. The first kappa shape index (κ1) is 22.1. The van der Waals surface area contributed by atoms with Gasteiger partial charge in [0.1, 0.15) is 11.6 Å². The molecule has 10 heteroatoms. The topological polar surface area (TPSA) is 116 Å². The third kappa shape index (κ3) is 4.78. The van der Waals surface area contributed by atoms with E-state index < -0.39 is 9.84 Å². The quantitative estimate of drug-likeness (QED) is 0.502. The summed E-state index contributed by atoms with van der Waals surface area (Å²) < 4.78 is 26.9. The first-order chi connectivity index (χ1) is 15.5. The molecule has 0 unspecified atom stereocenters. The largest absolute Gasteiger partial charge is 0.393 e. The van der Waals surface area contributed by atoms with Gasteiger partial charge in [0.15, 0.2) is 15.0 Å². The lowest BCUT2D eigenvalue weighted by atomic mass is 9.93. The van der Waals surface area contributed by atoms with E-state index in [0.717, 1.165) is 68.9 Å². The Balaban J connectivity index is 1.43. The van der Waals surface area contributed by atoms with Crippen molar-refractivity contribution in [3.05, 3.63) is 22.7 Å². The van der Waals surface area contributed by atoms with E-state index in [-0.39, 0.29) is 17.4 Å². The summed E-state index contributed by atoms with van der Waals surface area (Å²) >= 11 is 1.63. The Morgan fingerprint density at radius 2 is 1.75 bits per heavy atom. The van der Waals surface area contributed by atoms with Crippen molar-refractivity contribution in [1.82, 2.24) is 15.3 Å². The number of nitrogens with one attached hydrogen (secondary N) is 3. The minimum absolute atomic E-state index is 0.180. The molecule has 32 heavy (non-hydrogen) atoms. The molecular weight excluding hydrogens is 446 g/mol. The number of nitrogens with zero attached hydrogens (tertiary/aromatic N) is 2. The van der Waals surface area contributed by atoms with Gasteiger partial charge < -0.3 is 21.1 Å². The van der Waals surface area contributed by atoms with Crippen LogP contribution in [0.4, 0.5) is 16.8 Å². The number of thiazole rings is 1. The highest BCUT2D eigenvalue weighted by molar-refractivity contribution is 7.92. The van der Waals surface area contributed by atoms with Crippen LogP contribution >= 0.6 is 11.3 Å². The number of hydrogen-bond donors (Lipinski definition) is 4. The summed E-state index contributed by atoms with van der Waals surface area (Å²) in [6, 6.07) is 3.51. The van der Waals surface area contributed by atoms with Crippen molar-refractivity contribution in [2.75, 3.05) is 23.7 Å². The molecule has 3 aliphatic rings. The zero-order valence-electron chi connectivity index (χ0n) is 18.1. The maximum Gasteiger partial charge on any atom is 0.188 e. The van der Waals surface area contributed by atoms with Crippen molar-refractivity contribution in [3.8, 4) is 0 Å². The molecule has 5 rings (SSSR count). The highest BCUT2D eigenvalue weighted by atomic mass is 32.2. The van der Waals surface area contributed by atoms with Gasteiger partial charge in [-0.15, -0.1) is 11.3 Å². The molecule has 2 aliphatic carbocycles. The molecule has 2 aromatic heterocycles. The molecule has 1 saturated heterocycles. The van der Waals surface area contributed by atoms with Crippen LogP contribution in [0.25, 0.3) is 0 Å². The molecule has 2 fully saturated rings. The SMILES string of the molecule is O=S(=O)(c1cc(Nc2nc3c(s2)CCC3)nc(NC2CCC(O)CC2)c1)C1CCNCC1.